The average molecular weight is 256 g/mol. The van der Waals surface area contributed by atoms with Gasteiger partial charge >= 0.3 is 5.97 Å². The Labute approximate surface area is 111 Å². The Morgan fingerprint density at radius 1 is 1.33 bits per heavy atom. The van der Waals surface area contributed by atoms with E-state index in [2.05, 4.69) is 17.1 Å². The van der Waals surface area contributed by atoms with Crippen LogP contribution < -0.4 is 5.32 Å². The molecular weight excluding hydrogens is 228 g/mol. The lowest BCUT2D eigenvalue weighted by molar-refractivity contribution is -0.143. The zero-order valence-corrected chi connectivity index (χ0v) is 12.1. The zero-order chi connectivity index (χ0) is 13.4. The molecule has 1 saturated heterocycles. The summed E-state index contributed by atoms with van der Waals surface area (Å²) in [6.45, 7) is 11.3. The smallest absolute Gasteiger partial charge is 0.307 e. The summed E-state index contributed by atoms with van der Waals surface area (Å²) in [6, 6.07) is 0.199. The molecule has 106 valence electrons. The van der Waals surface area contributed by atoms with Gasteiger partial charge in [0, 0.05) is 12.6 Å². The summed E-state index contributed by atoms with van der Waals surface area (Å²) >= 11 is 0. The first-order valence-electron chi connectivity index (χ1n) is 7.23. The molecule has 0 radical (unpaired) electrons. The Kier molecular flexibility index (Phi) is 7.28. The molecule has 1 heterocycles. The highest BCUT2D eigenvalue weighted by atomic mass is 16.5. The second kappa shape index (κ2) is 8.48. The first-order valence-corrected chi connectivity index (χ1v) is 7.23. The normalized spacial score (nSPS) is 19.7. The number of carbonyl (C=O) groups is 1. The Morgan fingerprint density at radius 3 is 2.61 bits per heavy atom. The van der Waals surface area contributed by atoms with Gasteiger partial charge in [0.25, 0.3) is 0 Å². The summed E-state index contributed by atoms with van der Waals surface area (Å²) in [6.07, 6.45) is 3.16. The van der Waals surface area contributed by atoms with Gasteiger partial charge in [-0.25, -0.2) is 0 Å². The number of nitrogens with one attached hydrogen (secondary N) is 1. The van der Waals surface area contributed by atoms with Gasteiger partial charge in [-0.1, -0.05) is 6.92 Å². The molecule has 1 N–H and O–H groups in total. The summed E-state index contributed by atoms with van der Waals surface area (Å²) in [5.41, 5.74) is 0. The van der Waals surface area contributed by atoms with Crippen molar-refractivity contribution < 1.29 is 9.53 Å². The van der Waals surface area contributed by atoms with Crippen LogP contribution >= 0.6 is 0 Å². The molecule has 4 nitrogen and oxygen atoms in total. The third kappa shape index (κ3) is 6.36. The van der Waals surface area contributed by atoms with Gasteiger partial charge in [-0.3, -0.25) is 4.79 Å². The van der Waals surface area contributed by atoms with E-state index in [0.717, 1.165) is 6.54 Å². The summed E-state index contributed by atoms with van der Waals surface area (Å²) in [5.74, 6) is 0.525. The minimum Gasteiger partial charge on any atom is -0.466 e. The third-order valence-corrected chi connectivity index (χ3v) is 3.36. The van der Waals surface area contributed by atoms with Gasteiger partial charge in [0.2, 0.25) is 0 Å². The number of carbonyl (C=O) groups excluding carboxylic acids is 1. The van der Waals surface area contributed by atoms with Crippen LogP contribution in [0.1, 0.15) is 40.0 Å². The predicted molar refractivity (Wildman–Crippen MR) is 73.6 cm³/mol. The lowest BCUT2D eigenvalue weighted by Gasteiger charge is -2.22. The molecule has 0 spiro atoms. The van der Waals surface area contributed by atoms with Crippen LogP contribution in [0, 0.1) is 5.92 Å². The van der Waals surface area contributed by atoms with Crippen molar-refractivity contribution in [2.24, 2.45) is 5.92 Å². The molecule has 2 unspecified atom stereocenters. The van der Waals surface area contributed by atoms with Crippen LogP contribution in [0.5, 0.6) is 0 Å². The van der Waals surface area contributed by atoms with Crippen LogP contribution in [0.3, 0.4) is 0 Å². The molecule has 1 fully saturated rings. The fourth-order valence-corrected chi connectivity index (χ4v) is 2.41. The Bertz CT molecular complexity index is 240. The number of likely N-dealkylation sites (tertiary alicyclic amines) is 1. The van der Waals surface area contributed by atoms with E-state index in [4.69, 9.17) is 4.74 Å². The number of hydrogen-bond donors (Lipinski definition) is 1. The lowest BCUT2D eigenvalue weighted by atomic mass is 10.1. The lowest BCUT2D eigenvalue weighted by Crippen LogP contribution is -2.36. The number of ether oxygens (including phenoxy) is 1. The Hall–Kier alpha value is -0.610. The molecule has 1 aliphatic rings. The quantitative estimate of drug-likeness (QED) is 0.671. The van der Waals surface area contributed by atoms with Crippen molar-refractivity contribution in [2.45, 2.75) is 46.1 Å². The second-order valence-corrected chi connectivity index (χ2v) is 5.43. The minimum absolute atomic E-state index is 0.107. The molecule has 0 aromatic heterocycles. The molecule has 0 aromatic carbocycles. The van der Waals surface area contributed by atoms with E-state index in [1.807, 2.05) is 13.8 Å². The van der Waals surface area contributed by atoms with E-state index in [1.54, 1.807) is 0 Å². The standard InChI is InChI=1S/C14H28N2O2/c1-4-18-14(17)9-13(3)15-10-12(2)11-16-7-5-6-8-16/h12-13,15H,4-11H2,1-3H3. The monoisotopic (exact) mass is 256 g/mol. The summed E-state index contributed by atoms with van der Waals surface area (Å²) in [5, 5.41) is 3.42. The highest BCUT2D eigenvalue weighted by molar-refractivity contribution is 5.69. The van der Waals surface area contributed by atoms with Gasteiger partial charge in [-0.2, -0.15) is 0 Å². The SMILES string of the molecule is CCOC(=O)CC(C)NCC(C)CN1CCCC1. The predicted octanol–water partition coefficient (Wildman–Crippen LogP) is 1.65. The van der Waals surface area contributed by atoms with Gasteiger partial charge in [-0.15, -0.1) is 0 Å². The second-order valence-electron chi connectivity index (χ2n) is 5.43. The molecular formula is C14H28N2O2. The van der Waals surface area contributed by atoms with Crippen LogP contribution in [-0.2, 0) is 9.53 Å². The minimum atomic E-state index is -0.107. The van der Waals surface area contributed by atoms with Crippen LogP contribution in [0.2, 0.25) is 0 Å². The van der Waals surface area contributed by atoms with Crippen LogP contribution in [-0.4, -0.2) is 49.7 Å². The first kappa shape index (κ1) is 15.4. The van der Waals surface area contributed by atoms with E-state index < -0.39 is 0 Å². The Morgan fingerprint density at radius 2 is 2.00 bits per heavy atom. The van der Waals surface area contributed by atoms with Crippen molar-refractivity contribution in [2.75, 3.05) is 32.8 Å². The first-order chi connectivity index (χ1) is 8.61. The Balaban J connectivity index is 2.08. The van der Waals surface area contributed by atoms with Crippen molar-refractivity contribution in [3.63, 3.8) is 0 Å². The molecule has 1 rings (SSSR count). The van der Waals surface area contributed by atoms with E-state index in [1.165, 1.54) is 32.5 Å². The highest BCUT2D eigenvalue weighted by Gasteiger charge is 2.15. The van der Waals surface area contributed by atoms with Crippen LogP contribution in [0.25, 0.3) is 0 Å². The summed E-state index contributed by atoms with van der Waals surface area (Å²) < 4.78 is 4.94. The molecule has 0 amide bonds. The van der Waals surface area contributed by atoms with E-state index >= 15 is 0 Å². The number of esters is 1. The summed E-state index contributed by atoms with van der Waals surface area (Å²) in [7, 11) is 0. The molecule has 0 bridgehead atoms. The van der Waals surface area contributed by atoms with Crippen molar-refractivity contribution in [1.82, 2.24) is 10.2 Å². The molecule has 0 aromatic rings. The van der Waals surface area contributed by atoms with Crippen molar-refractivity contribution in [3.05, 3.63) is 0 Å². The van der Waals surface area contributed by atoms with Gasteiger partial charge < -0.3 is 15.0 Å². The highest BCUT2D eigenvalue weighted by Crippen LogP contribution is 2.10. The number of nitrogens with zero attached hydrogens (tertiary/aromatic N) is 1. The van der Waals surface area contributed by atoms with Crippen molar-refractivity contribution in [1.29, 1.82) is 0 Å². The topological polar surface area (TPSA) is 41.6 Å². The average Bonchev–Trinajstić information content (AvgIpc) is 2.79. The largest absolute Gasteiger partial charge is 0.466 e. The number of hydrogen-bond acceptors (Lipinski definition) is 4. The molecule has 18 heavy (non-hydrogen) atoms. The zero-order valence-electron chi connectivity index (χ0n) is 12.1. The van der Waals surface area contributed by atoms with Gasteiger partial charge in [0.1, 0.15) is 0 Å². The maximum atomic E-state index is 11.3. The molecule has 0 saturated carbocycles. The summed E-state index contributed by atoms with van der Waals surface area (Å²) in [4.78, 5) is 13.8. The third-order valence-electron chi connectivity index (χ3n) is 3.36. The van der Waals surface area contributed by atoms with Gasteiger partial charge in [-0.05, 0) is 52.2 Å². The molecule has 1 aliphatic heterocycles. The van der Waals surface area contributed by atoms with Crippen molar-refractivity contribution >= 4 is 5.97 Å². The number of rotatable bonds is 8. The van der Waals surface area contributed by atoms with Crippen molar-refractivity contribution in [3.8, 4) is 0 Å². The molecule has 0 aliphatic carbocycles. The van der Waals surface area contributed by atoms with Gasteiger partial charge in [0.15, 0.2) is 0 Å². The fourth-order valence-electron chi connectivity index (χ4n) is 2.41. The van der Waals surface area contributed by atoms with E-state index in [-0.39, 0.29) is 12.0 Å². The van der Waals surface area contributed by atoms with E-state index in [9.17, 15) is 4.79 Å². The van der Waals surface area contributed by atoms with Gasteiger partial charge in [0.05, 0.1) is 13.0 Å². The fraction of sp³-hybridized carbons (Fsp3) is 0.929. The molecule has 2 atom stereocenters. The maximum Gasteiger partial charge on any atom is 0.307 e. The van der Waals surface area contributed by atoms with E-state index in [0.29, 0.717) is 18.9 Å². The van der Waals surface area contributed by atoms with Crippen LogP contribution in [0.4, 0.5) is 0 Å². The van der Waals surface area contributed by atoms with Crippen LogP contribution in [0.15, 0.2) is 0 Å². The molecule has 4 heteroatoms. The maximum absolute atomic E-state index is 11.3.